The normalized spacial score (nSPS) is 13.2. The minimum Gasteiger partial charge on any atom is -0.356 e. The van der Waals surface area contributed by atoms with Gasteiger partial charge in [0, 0.05) is 41.3 Å². The maximum Gasteiger partial charge on any atom is 0.191 e. The summed E-state index contributed by atoms with van der Waals surface area (Å²) in [4.78, 5) is 10.3. The summed E-state index contributed by atoms with van der Waals surface area (Å²) >= 11 is 5.26. The Kier molecular flexibility index (Phi) is 5.52. The number of aromatic nitrogens is 2. The number of hydrogen-bond acceptors (Lipinski definition) is 3. The molecule has 0 radical (unpaired) electrons. The lowest BCUT2D eigenvalue weighted by Crippen LogP contribution is -2.38. The molecule has 0 spiro atoms. The van der Waals surface area contributed by atoms with E-state index in [1.165, 1.54) is 4.88 Å². The van der Waals surface area contributed by atoms with Crippen molar-refractivity contribution >= 4 is 38.9 Å². The van der Waals surface area contributed by atoms with E-state index < -0.39 is 0 Å². The molecule has 1 atom stereocenters. The van der Waals surface area contributed by atoms with E-state index in [1.807, 2.05) is 28.9 Å². The molecule has 3 rings (SSSR count). The fourth-order valence-electron chi connectivity index (χ4n) is 2.42. The first-order valence-corrected chi connectivity index (χ1v) is 9.44. The van der Waals surface area contributed by atoms with Gasteiger partial charge < -0.3 is 15.0 Å². The first-order chi connectivity index (χ1) is 11.7. The van der Waals surface area contributed by atoms with Crippen LogP contribution in [0, 0.1) is 0 Å². The highest BCUT2D eigenvalue weighted by molar-refractivity contribution is 9.10. The Labute approximate surface area is 154 Å². The van der Waals surface area contributed by atoms with Gasteiger partial charge in [0.25, 0.3) is 0 Å². The first-order valence-electron chi connectivity index (χ1n) is 7.77. The molecule has 0 bridgehead atoms. The summed E-state index contributed by atoms with van der Waals surface area (Å²) < 4.78 is 3.04. The highest BCUT2D eigenvalue weighted by atomic mass is 79.9. The minimum atomic E-state index is 0.455. The topological polar surface area (TPSA) is 53.7 Å². The molecule has 24 heavy (non-hydrogen) atoms. The van der Waals surface area contributed by atoms with E-state index in [0.717, 1.165) is 28.3 Å². The van der Waals surface area contributed by atoms with Crippen LogP contribution < -0.4 is 10.6 Å². The first kappa shape index (κ1) is 17.0. The van der Waals surface area contributed by atoms with Gasteiger partial charge in [-0.1, -0.05) is 13.0 Å². The standard InChI is InChI=1S/C17H20BrN5S/c1-12(15-4-3-7-24-15)8-20-17(19-2)21-9-14-11-23-10-13(18)5-6-16(23)22-14/h3-7,10-12H,8-9H2,1-2H3,(H2,19,20,21). The van der Waals surface area contributed by atoms with Crippen molar-refractivity contribution in [2.75, 3.05) is 13.6 Å². The number of nitrogens with zero attached hydrogens (tertiary/aromatic N) is 3. The number of rotatable bonds is 5. The Bertz CT molecular complexity index is 825. The van der Waals surface area contributed by atoms with E-state index >= 15 is 0 Å². The summed E-state index contributed by atoms with van der Waals surface area (Å²) in [6.45, 7) is 3.69. The second kappa shape index (κ2) is 7.81. The van der Waals surface area contributed by atoms with Crippen LogP contribution in [-0.4, -0.2) is 28.9 Å². The molecule has 0 saturated carbocycles. The van der Waals surface area contributed by atoms with Crippen LogP contribution in [0.2, 0.25) is 0 Å². The summed E-state index contributed by atoms with van der Waals surface area (Å²) in [6, 6.07) is 8.24. The maximum atomic E-state index is 4.59. The number of imidazole rings is 1. The third kappa shape index (κ3) is 4.15. The van der Waals surface area contributed by atoms with Crippen molar-refractivity contribution in [1.82, 2.24) is 20.0 Å². The van der Waals surface area contributed by atoms with Gasteiger partial charge in [0.1, 0.15) is 5.65 Å². The van der Waals surface area contributed by atoms with Crippen LogP contribution in [0.5, 0.6) is 0 Å². The minimum absolute atomic E-state index is 0.455. The second-order valence-corrected chi connectivity index (χ2v) is 7.46. The van der Waals surface area contributed by atoms with Crippen LogP contribution in [0.4, 0.5) is 0 Å². The molecule has 0 fully saturated rings. The molecule has 3 aromatic rings. The Morgan fingerprint density at radius 3 is 2.96 bits per heavy atom. The predicted octanol–water partition coefficient (Wildman–Crippen LogP) is 3.63. The zero-order valence-corrected chi connectivity index (χ0v) is 16.1. The largest absolute Gasteiger partial charge is 0.356 e. The molecule has 0 saturated heterocycles. The van der Waals surface area contributed by atoms with Crippen molar-refractivity contribution in [2.24, 2.45) is 4.99 Å². The lowest BCUT2D eigenvalue weighted by molar-refractivity contribution is 0.706. The van der Waals surface area contributed by atoms with Gasteiger partial charge in [-0.05, 0) is 39.5 Å². The van der Waals surface area contributed by atoms with Gasteiger partial charge in [0.05, 0.1) is 12.2 Å². The van der Waals surface area contributed by atoms with E-state index in [-0.39, 0.29) is 0 Å². The molecular weight excluding hydrogens is 386 g/mol. The van der Waals surface area contributed by atoms with Crippen LogP contribution in [0.15, 0.2) is 51.5 Å². The quantitative estimate of drug-likeness (QED) is 0.503. The molecule has 0 aliphatic carbocycles. The monoisotopic (exact) mass is 405 g/mol. The molecule has 2 N–H and O–H groups in total. The van der Waals surface area contributed by atoms with Crippen molar-refractivity contribution in [3.63, 3.8) is 0 Å². The summed E-state index contributed by atoms with van der Waals surface area (Å²) in [5.74, 6) is 1.24. The van der Waals surface area contributed by atoms with Crippen LogP contribution in [0.25, 0.3) is 5.65 Å². The summed E-state index contributed by atoms with van der Waals surface area (Å²) in [7, 11) is 1.78. The Morgan fingerprint density at radius 1 is 1.33 bits per heavy atom. The zero-order chi connectivity index (χ0) is 16.9. The molecule has 126 valence electrons. The maximum absolute atomic E-state index is 4.59. The summed E-state index contributed by atoms with van der Waals surface area (Å²) in [5.41, 5.74) is 1.91. The zero-order valence-electron chi connectivity index (χ0n) is 13.7. The molecule has 0 aliphatic rings. The van der Waals surface area contributed by atoms with Gasteiger partial charge in [0.15, 0.2) is 5.96 Å². The number of halogens is 1. The van der Waals surface area contributed by atoms with Gasteiger partial charge in [0.2, 0.25) is 0 Å². The smallest absolute Gasteiger partial charge is 0.191 e. The van der Waals surface area contributed by atoms with Crippen LogP contribution in [0.3, 0.4) is 0 Å². The predicted molar refractivity (Wildman–Crippen MR) is 104 cm³/mol. The van der Waals surface area contributed by atoms with E-state index in [0.29, 0.717) is 12.5 Å². The third-order valence-corrected chi connectivity index (χ3v) is 5.30. The fourth-order valence-corrected chi connectivity index (χ4v) is 3.56. The molecule has 3 aromatic heterocycles. The van der Waals surface area contributed by atoms with Gasteiger partial charge in [-0.2, -0.15) is 0 Å². The SMILES string of the molecule is CN=C(NCc1cn2cc(Br)ccc2n1)NCC(C)c1cccs1. The Morgan fingerprint density at radius 2 is 2.21 bits per heavy atom. The molecule has 1 unspecified atom stereocenters. The van der Waals surface area contributed by atoms with Crippen molar-refractivity contribution in [3.8, 4) is 0 Å². The number of aliphatic imine (C=N–C) groups is 1. The van der Waals surface area contributed by atoms with Crippen LogP contribution in [0.1, 0.15) is 23.4 Å². The highest BCUT2D eigenvalue weighted by Gasteiger charge is 2.08. The molecule has 7 heteroatoms. The lowest BCUT2D eigenvalue weighted by atomic mass is 10.1. The summed E-state index contributed by atoms with van der Waals surface area (Å²) in [6.07, 6.45) is 4.02. The van der Waals surface area contributed by atoms with Crippen molar-refractivity contribution in [3.05, 3.63) is 57.1 Å². The summed E-state index contributed by atoms with van der Waals surface area (Å²) in [5, 5.41) is 8.80. The van der Waals surface area contributed by atoms with E-state index in [2.05, 4.69) is 61.0 Å². The molecule has 5 nitrogen and oxygen atoms in total. The van der Waals surface area contributed by atoms with Gasteiger partial charge in [-0.25, -0.2) is 4.98 Å². The van der Waals surface area contributed by atoms with Crippen molar-refractivity contribution in [2.45, 2.75) is 19.4 Å². The molecule has 0 aliphatic heterocycles. The number of nitrogens with one attached hydrogen (secondary N) is 2. The number of thiophene rings is 1. The van der Waals surface area contributed by atoms with E-state index in [4.69, 9.17) is 0 Å². The Balaban J connectivity index is 1.55. The fraction of sp³-hybridized carbons (Fsp3) is 0.294. The van der Waals surface area contributed by atoms with Crippen molar-refractivity contribution in [1.29, 1.82) is 0 Å². The highest BCUT2D eigenvalue weighted by Crippen LogP contribution is 2.19. The lowest BCUT2D eigenvalue weighted by Gasteiger charge is -2.14. The number of guanidine groups is 1. The molecule has 0 aromatic carbocycles. The van der Waals surface area contributed by atoms with Crippen LogP contribution in [-0.2, 0) is 6.54 Å². The Hall–Kier alpha value is -1.86. The number of hydrogen-bond donors (Lipinski definition) is 2. The molecular formula is C17H20BrN5S. The van der Waals surface area contributed by atoms with E-state index in [9.17, 15) is 0 Å². The molecule has 3 heterocycles. The second-order valence-electron chi connectivity index (χ2n) is 5.57. The third-order valence-electron chi connectivity index (χ3n) is 3.73. The van der Waals surface area contributed by atoms with Gasteiger partial charge in [-0.15, -0.1) is 11.3 Å². The average Bonchev–Trinajstić information content (AvgIpc) is 3.23. The van der Waals surface area contributed by atoms with Gasteiger partial charge >= 0.3 is 0 Å². The van der Waals surface area contributed by atoms with E-state index in [1.54, 1.807) is 18.4 Å². The number of pyridine rings is 1. The van der Waals surface area contributed by atoms with Gasteiger partial charge in [-0.3, -0.25) is 4.99 Å². The van der Waals surface area contributed by atoms with Crippen molar-refractivity contribution < 1.29 is 0 Å². The van der Waals surface area contributed by atoms with Crippen LogP contribution >= 0.6 is 27.3 Å². The average molecular weight is 406 g/mol. The molecule has 0 amide bonds. The number of fused-ring (bicyclic) bond motifs is 1.